The van der Waals surface area contributed by atoms with Gasteiger partial charge in [-0.15, -0.1) is 0 Å². The van der Waals surface area contributed by atoms with E-state index in [0.29, 0.717) is 12.8 Å². The number of hydrogen-bond acceptors (Lipinski definition) is 3. The Morgan fingerprint density at radius 2 is 1.72 bits per heavy atom. The standard InChI is InChI=1S/C14H22N2O2/c15-10-13(6-3-1-2-4-7-13)12(18)16-14(11-17)8-5-9-14/h17H,1-9,11H2,(H,16,18). The van der Waals surface area contributed by atoms with Gasteiger partial charge in [0.1, 0.15) is 5.41 Å². The second-order valence-electron chi connectivity index (χ2n) is 5.85. The van der Waals surface area contributed by atoms with Crippen LogP contribution >= 0.6 is 0 Å². The summed E-state index contributed by atoms with van der Waals surface area (Å²) in [6.07, 6.45) is 8.16. The van der Waals surface area contributed by atoms with Crippen molar-refractivity contribution in [1.82, 2.24) is 5.32 Å². The molecule has 100 valence electrons. The van der Waals surface area contributed by atoms with E-state index >= 15 is 0 Å². The summed E-state index contributed by atoms with van der Waals surface area (Å²) in [7, 11) is 0. The van der Waals surface area contributed by atoms with Gasteiger partial charge >= 0.3 is 0 Å². The molecule has 0 heterocycles. The molecule has 0 atom stereocenters. The van der Waals surface area contributed by atoms with E-state index in [1.165, 1.54) is 0 Å². The van der Waals surface area contributed by atoms with Crippen molar-refractivity contribution in [2.45, 2.75) is 63.3 Å². The number of nitrogens with one attached hydrogen (secondary N) is 1. The molecule has 0 saturated heterocycles. The molecule has 2 N–H and O–H groups in total. The molecule has 0 aromatic carbocycles. The Morgan fingerprint density at radius 3 is 2.11 bits per heavy atom. The molecule has 4 nitrogen and oxygen atoms in total. The zero-order valence-electron chi connectivity index (χ0n) is 10.9. The van der Waals surface area contributed by atoms with E-state index in [9.17, 15) is 15.2 Å². The van der Waals surface area contributed by atoms with E-state index in [2.05, 4.69) is 11.4 Å². The lowest BCUT2D eigenvalue weighted by molar-refractivity contribution is -0.133. The molecule has 2 aliphatic carbocycles. The number of aliphatic hydroxyl groups is 1. The first-order chi connectivity index (χ1) is 8.66. The number of amides is 1. The predicted molar refractivity (Wildman–Crippen MR) is 67.6 cm³/mol. The Morgan fingerprint density at radius 1 is 1.11 bits per heavy atom. The van der Waals surface area contributed by atoms with Crippen LogP contribution in [0.2, 0.25) is 0 Å². The summed E-state index contributed by atoms with van der Waals surface area (Å²) < 4.78 is 0. The highest BCUT2D eigenvalue weighted by Crippen LogP contribution is 2.37. The lowest BCUT2D eigenvalue weighted by Gasteiger charge is -2.42. The maximum Gasteiger partial charge on any atom is 0.240 e. The summed E-state index contributed by atoms with van der Waals surface area (Å²) in [6, 6.07) is 2.26. The third kappa shape index (κ3) is 2.37. The third-order valence-corrected chi connectivity index (χ3v) is 4.60. The molecule has 0 spiro atoms. The second kappa shape index (κ2) is 5.27. The SMILES string of the molecule is N#CC1(C(=O)NC2(CO)CCC2)CCCCCC1. The topological polar surface area (TPSA) is 73.1 Å². The van der Waals surface area contributed by atoms with Crippen molar-refractivity contribution in [2.24, 2.45) is 5.41 Å². The van der Waals surface area contributed by atoms with Crippen molar-refractivity contribution in [2.75, 3.05) is 6.61 Å². The maximum atomic E-state index is 12.4. The van der Waals surface area contributed by atoms with E-state index in [4.69, 9.17) is 0 Å². The molecule has 0 radical (unpaired) electrons. The average Bonchev–Trinajstić information content (AvgIpc) is 2.59. The molecular formula is C14H22N2O2. The smallest absolute Gasteiger partial charge is 0.240 e. The second-order valence-corrected chi connectivity index (χ2v) is 5.85. The highest BCUT2D eigenvalue weighted by Gasteiger charge is 2.45. The Hall–Kier alpha value is -1.08. The molecule has 2 fully saturated rings. The number of carbonyl (C=O) groups is 1. The van der Waals surface area contributed by atoms with Gasteiger partial charge in [0.25, 0.3) is 0 Å². The van der Waals surface area contributed by atoms with E-state index < -0.39 is 11.0 Å². The normalized spacial score (nSPS) is 25.3. The molecule has 4 heteroatoms. The third-order valence-electron chi connectivity index (χ3n) is 4.60. The molecule has 2 rings (SSSR count). The molecule has 0 bridgehead atoms. The summed E-state index contributed by atoms with van der Waals surface area (Å²) in [5.41, 5.74) is -1.29. The largest absolute Gasteiger partial charge is 0.394 e. The fourth-order valence-corrected chi connectivity index (χ4v) is 3.01. The van der Waals surface area contributed by atoms with Gasteiger partial charge in [0.15, 0.2) is 0 Å². The zero-order valence-corrected chi connectivity index (χ0v) is 10.9. The van der Waals surface area contributed by atoms with Crippen molar-refractivity contribution in [3.8, 4) is 6.07 Å². The van der Waals surface area contributed by atoms with Crippen molar-refractivity contribution in [3.63, 3.8) is 0 Å². The van der Waals surface area contributed by atoms with Gasteiger partial charge in [0, 0.05) is 0 Å². The Bertz CT molecular complexity index is 342. The van der Waals surface area contributed by atoms with Crippen LogP contribution in [-0.2, 0) is 4.79 Å². The van der Waals surface area contributed by atoms with Crippen molar-refractivity contribution in [1.29, 1.82) is 5.26 Å². The van der Waals surface area contributed by atoms with Crippen LogP contribution < -0.4 is 5.32 Å². The van der Waals surface area contributed by atoms with Gasteiger partial charge in [0.05, 0.1) is 18.2 Å². The molecule has 0 aliphatic heterocycles. The minimum Gasteiger partial charge on any atom is -0.394 e. The van der Waals surface area contributed by atoms with Crippen LogP contribution in [0, 0.1) is 16.7 Å². The fourth-order valence-electron chi connectivity index (χ4n) is 3.01. The van der Waals surface area contributed by atoms with E-state index in [1.54, 1.807) is 0 Å². The summed E-state index contributed by atoms with van der Waals surface area (Å²) in [5.74, 6) is -0.152. The Labute approximate surface area is 108 Å². The molecule has 18 heavy (non-hydrogen) atoms. The van der Waals surface area contributed by atoms with Crippen LogP contribution in [0.25, 0.3) is 0 Å². The van der Waals surface area contributed by atoms with Gasteiger partial charge in [-0.1, -0.05) is 25.7 Å². The number of hydrogen-bond donors (Lipinski definition) is 2. The lowest BCUT2D eigenvalue weighted by Crippen LogP contribution is -2.59. The van der Waals surface area contributed by atoms with Gasteiger partial charge < -0.3 is 10.4 Å². The van der Waals surface area contributed by atoms with Crippen LogP contribution in [0.1, 0.15) is 57.8 Å². The maximum absolute atomic E-state index is 12.4. The Balaban J connectivity index is 2.07. The summed E-state index contributed by atoms with van der Waals surface area (Å²) >= 11 is 0. The molecule has 2 aliphatic rings. The van der Waals surface area contributed by atoms with Crippen molar-refractivity contribution in [3.05, 3.63) is 0 Å². The zero-order chi connectivity index (χ0) is 13.1. The molecule has 1 amide bonds. The average molecular weight is 250 g/mol. The molecule has 0 aromatic heterocycles. The molecule has 0 unspecified atom stereocenters. The van der Waals surface area contributed by atoms with E-state index in [-0.39, 0.29) is 12.5 Å². The number of carbonyl (C=O) groups excluding carboxylic acids is 1. The van der Waals surface area contributed by atoms with E-state index in [1.807, 2.05) is 0 Å². The van der Waals surface area contributed by atoms with Gasteiger partial charge in [-0.05, 0) is 32.1 Å². The van der Waals surface area contributed by atoms with Crippen LogP contribution in [0.5, 0.6) is 0 Å². The molecule has 0 aromatic rings. The number of nitriles is 1. The van der Waals surface area contributed by atoms with Gasteiger partial charge in [-0.3, -0.25) is 4.79 Å². The van der Waals surface area contributed by atoms with Gasteiger partial charge in [-0.2, -0.15) is 5.26 Å². The fraction of sp³-hybridized carbons (Fsp3) is 0.857. The summed E-state index contributed by atoms with van der Waals surface area (Å²) in [6.45, 7) is -0.0136. The quantitative estimate of drug-likeness (QED) is 0.751. The monoisotopic (exact) mass is 250 g/mol. The predicted octanol–water partition coefficient (Wildman–Crippen LogP) is 1.88. The highest BCUT2D eigenvalue weighted by atomic mass is 16.3. The first-order valence-corrected chi connectivity index (χ1v) is 7.01. The summed E-state index contributed by atoms with van der Waals surface area (Å²) in [5, 5.41) is 21.8. The van der Waals surface area contributed by atoms with Crippen LogP contribution in [0.15, 0.2) is 0 Å². The highest BCUT2D eigenvalue weighted by molar-refractivity contribution is 5.86. The number of rotatable bonds is 3. The first kappa shape index (κ1) is 13.4. The van der Waals surface area contributed by atoms with Crippen LogP contribution in [0.4, 0.5) is 0 Å². The minimum atomic E-state index is -0.853. The van der Waals surface area contributed by atoms with Gasteiger partial charge in [-0.25, -0.2) is 0 Å². The first-order valence-electron chi connectivity index (χ1n) is 7.01. The summed E-state index contributed by atoms with van der Waals surface area (Å²) in [4.78, 5) is 12.4. The number of nitrogens with zero attached hydrogens (tertiary/aromatic N) is 1. The Kier molecular flexibility index (Phi) is 3.91. The molecular weight excluding hydrogens is 228 g/mol. The van der Waals surface area contributed by atoms with Crippen LogP contribution in [0.3, 0.4) is 0 Å². The van der Waals surface area contributed by atoms with Crippen molar-refractivity contribution >= 4 is 5.91 Å². The molecule has 2 saturated carbocycles. The van der Waals surface area contributed by atoms with Gasteiger partial charge in [0.2, 0.25) is 5.91 Å². The minimum absolute atomic E-state index is 0.0136. The van der Waals surface area contributed by atoms with Crippen molar-refractivity contribution < 1.29 is 9.90 Å². The van der Waals surface area contributed by atoms with Crippen LogP contribution in [-0.4, -0.2) is 23.2 Å². The van der Waals surface area contributed by atoms with E-state index in [0.717, 1.165) is 44.9 Å². The number of aliphatic hydroxyl groups excluding tert-OH is 1. The lowest BCUT2D eigenvalue weighted by atomic mass is 9.74.